The number of benzene rings is 3. The van der Waals surface area contributed by atoms with E-state index in [2.05, 4.69) is 81.9 Å². The molecule has 152 valence electrons. The summed E-state index contributed by atoms with van der Waals surface area (Å²) in [7, 11) is 0. The SMILES string of the molecule is O=C(NCCC=Cc1ccccc1CBr)OCC1c2ccccc2-c2ccccc21. The van der Waals surface area contributed by atoms with Gasteiger partial charge in [-0.3, -0.25) is 0 Å². The van der Waals surface area contributed by atoms with Gasteiger partial charge in [-0.2, -0.15) is 0 Å². The minimum Gasteiger partial charge on any atom is -0.449 e. The van der Waals surface area contributed by atoms with Crippen molar-refractivity contribution >= 4 is 28.1 Å². The van der Waals surface area contributed by atoms with Crippen LogP contribution in [-0.2, 0) is 10.1 Å². The summed E-state index contributed by atoms with van der Waals surface area (Å²) in [5.74, 6) is 0.0869. The first kappa shape index (κ1) is 20.4. The zero-order chi connectivity index (χ0) is 20.8. The van der Waals surface area contributed by atoms with Crippen LogP contribution in [0.3, 0.4) is 0 Å². The lowest BCUT2D eigenvalue weighted by molar-refractivity contribution is 0.143. The van der Waals surface area contributed by atoms with Gasteiger partial charge < -0.3 is 10.1 Å². The van der Waals surface area contributed by atoms with Gasteiger partial charge in [-0.1, -0.05) is 101 Å². The zero-order valence-corrected chi connectivity index (χ0v) is 18.3. The van der Waals surface area contributed by atoms with E-state index in [9.17, 15) is 4.79 Å². The predicted octanol–water partition coefficient (Wildman–Crippen LogP) is 6.52. The summed E-state index contributed by atoms with van der Waals surface area (Å²) in [6, 6.07) is 24.9. The maximum atomic E-state index is 12.2. The van der Waals surface area contributed by atoms with Gasteiger partial charge in [-0.25, -0.2) is 4.79 Å². The Balaban J connectivity index is 1.28. The van der Waals surface area contributed by atoms with E-state index in [1.165, 1.54) is 33.4 Å². The van der Waals surface area contributed by atoms with Gasteiger partial charge in [-0.15, -0.1) is 0 Å². The molecule has 1 amide bonds. The molecule has 0 saturated carbocycles. The summed E-state index contributed by atoms with van der Waals surface area (Å²) >= 11 is 3.51. The van der Waals surface area contributed by atoms with E-state index in [-0.39, 0.29) is 12.0 Å². The van der Waals surface area contributed by atoms with E-state index < -0.39 is 0 Å². The number of hydrogen-bond acceptors (Lipinski definition) is 2. The van der Waals surface area contributed by atoms with Crippen LogP contribution in [0.2, 0.25) is 0 Å². The van der Waals surface area contributed by atoms with Crippen molar-refractivity contribution in [1.82, 2.24) is 5.32 Å². The third-order valence-corrected chi connectivity index (χ3v) is 6.02. The van der Waals surface area contributed by atoms with E-state index in [4.69, 9.17) is 4.74 Å². The van der Waals surface area contributed by atoms with Gasteiger partial charge in [0.25, 0.3) is 0 Å². The number of ether oxygens (including phenoxy) is 1. The number of fused-ring (bicyclic) bond motifs is 3. The van der Waals surface area contributed by atoms with Gasteiger partial charge in [0.2, 0.25) is 0 Å². The number of hydrogen-bond donors (Lipinski definition) is 1. The van der Waals surface area contributed by atoms with Crippen molar-refractivity contribution in [3.05, 3.63) is 101 Å². The quantitative estimate of drug-likeness (QED) is 0.321. The molecular formula is C26H24BrNO2. The van der Waals surface area contributed by atoms with Crippen LogP contribution >= 0.6 is 15.9 Å². The lowest BCUT2D eigenvalue weighted by atomic mass is 9.98. The number of rotatable bonds is 7. The second-order valence-corrected chi connectivity index (χ2v) is 7.84. The molecule has 1 aliphatic carbocycles. The number of halogens is 1. The molecule has 0 atom stereocenters. The molecule has 3 nitrogen and oxygen atoms in total. The van der Waals surface area contributed by atoms with E-state index in [1.54, 1.807) is 0 Å². The van der Waals surface area contributed by atoms with Crippen LogP contribution in [0.4, 0.5) is 4.79 Å². The Morgan fingerprint density at radius 3 is 2.27 bits per heavy atom. The molecule has 0 unspecified atom stereocenters. The Bertz CT molecular complexity index is 1010. The third kappa shape index (κ3) is 4.49. The molecule has 1 aliphatic rings. The third-order valence-electron chi connectivity index (χ3n) is 5.42. The van der Waals surface area contributed by atoms with Crippen molar-refractivity contribution in [2.24, 2.45) is 0 Å². The van der Waals surface area contributed by atoms with Crippen LogP contribution < -0.4 is 5.32 Å². The molecule has 1 N–H and O–H groups in total. The summed E-state index contributed by atoms with van der Waals surface area (Å²) < 4.78 is 5.56. The molecule has 0 bridgehead atoms. The normalized spacial score (nSPS) is 12.6. The van der Waals surface area contributed by atoms with Crippen LogP contribution in [0.5, 0.6) is 0 Å². The fourth-order valence-corrected chi connectivity index (χ4v) is 4.45. The molecule has 30 heavy (non-hydrogen) atoms. The van der Waals surface area contributed by atoms with Crippen LogP contribution in [0.25, 0.3) is 17.2 Å². The van der Waals surface area contributed by atoms with Gasteiger partial charge in [0.1, 0.15) is 6.61 Å². The van der Waals surface area contributed by atoms with Crippen molar-refractivity contribution < 1.29 is 9.53 Å². The molecule has 3 aromatic rings. The van der Waals surface area contributed by atoms with Crippen molar-refractivity contribution in [1.29, 1.82) is 0 Å². The number of alkyl halides is 1. The Labute approximate surface area is 185 Å². The smallest absolute Gasteiger partial charge is 0.407 e. The number of carbonyl (C=O) groups is 1. The van der Waals surface area contributed by atoms with Crippen molar-refractivity contribution in [3.63, 3.8) is 0 Å². The van der Waals surface area contributed by atoms with E-state index >= 15 is 0 Å². The average Bonchev–Trinajstić information content (AvgIpc) is 3.11. The molecule has 4 heteroatoms. The highest BCUT2D eigenvalue weighted by Gasteiger charge is 2.28. The Morgan fingerprint density at radius 2 is 1.57 bits per heavy atom. The van der Waals surface area contributed by atoms with Crippen molar-refractivity contribution in [2.75, 3.05) is 13.2 Å². The number of amides is 1. The highest BCUT2D eigenvalue weighted by molar-refractivity contribution is 9.08. The Hall–Kier alpha value is -2.85. The van der Waals surface area contributed by atoms with Crippen molar-refractivity contribution in [3.8, 4) is 11.1 Å². The molecule has 0 fully saturated rings. The minimum absolute atomic E-state index is 0.0869. The fourth-order valence-electron chi connectivity index (χ4n) is 3.94. The molecule has 0 aliphatic heterocycles. The van der Waals surface area contributed by atoms with Gasteiger partial charge in [-0.05, 0) is 39.8 Å². The van der Waals surface area contributed by atoms with E-state index in [0.717, 1.165) is 11.8 Å². The van der Waals surface area contributed by atoms with Crippen molar-refractivity contribution in [2.45, 2.75) is 17.7 Å². The lowest BCUT2D eigenvalue weighted by Gasteiger charge is -2.14. The van der Waals surface area contributed by atoms with Gasteiger partial charge in [0.05, 0.1) is 0 Å². The van der Waals surface area contributed by atoms with Gasteiger partial charge in [0, 0.05) is 17.8 Å². The number of alkyl carbamates (subject to hydrolysis) is 1. The maximum Gasteiger partial charge on any atom is 0.407 e. The van der Waals surface area contributed by atoms with E-state index in [1.807, 2.05) is 24.3 Å². The monoisotopic (exact) mass is 461 g/mol. The maximum absolute atomic E-state index is 12.2. The minimum atomic E-state index is -0.369. The van der Waals surface area contributed by atoms with Gasteiger partial charge >= 0.3 is 6.09 Å². The molecule has 0 heterocycles. The van der Waals surface area contributed by atoms with Crippen LogP contribution in [-0.4, -0.2) is 19.2 Å². The molecule has 3 aromatic carbocycles. The lowest BCUT2D eigenvalue weighted by Crippen LogP contribution is -2.26. The topological polar surface area (TPSA) is 38.3 Å². The molecular weight excluding hydrogens is 438 g/mol. The Morgan fingerprint density at radius 1 is 0.933 bits per heavy atom. The first-order chi connectivity index (χ1) is 14.8. The Kier molecular flexibility index (Phi) is 6.65. The summed E-state index contributed by atoms with van der Waals surface area (Å²) in [5.41, 5.74) is 7.35. The molecule has 0 radical (unpaired) electrons. The number of carbonyl (C=O) groups excluding carboxylic acids is 1. The first-order valence-electron chi connectivity index (χ1n) is 10.2. The molecule has 0 spiro atoms. The first-order valence-corrected chi connectivity index (χ1v) is 11.3. The largest absolute Gasteiger partial charge is 0.449 e. The summed E-state index contributed by atoms with van der Waals surface area (Å²) in [5, 5.41) is 3.67. The molecule has 0 saturated heterocycles. The highest BCUT2D eigenvalue weighted by Crippen LogP contribution is 2.44. The molecule has 4 rings (SSSR count). The number of nitrogens with one attached hydrogen (secondary N) is 1. The fraction of sp³-hybridized carbons (Fsp3) is 0.192. The van der Waals surface area contributed by atoms with Gasteiger partial charge in [0.15, 0.2) is 0 Å². The second kappa shape index (κ2) is 9.77. The van der Waals surface area contributed by atoms with Crippen LogP contribution in [0.15, 0.2) is 78.9 Å². The molecule has 0 aromatic heterocycles. The summed E-state index contributed by atoms with van der Waals surface area (Å²) in [6.45, 7) is 0.887. The predicted molar refractivity (Wildman–Crippen MR) is 126 cm³/mol. The summed E-state index contributed by atoms with van der Waals surface area (Å²) in [6.07, 6.45) is 4.55. The summed E-state index contributed by atoms with van der Waals surface area (Å²) in [4.78, 5) is 12.2. The van der Waals surface area contributed by atoms with Crippen LogP contribution in [0, 0.1) is 0 Å². The van der Waals surface area contributed by atoms with E-state index in [0.29, 0.717) is 13.2 Å². The zero-order valence-electron chi connectivity index (χ0n) is 16.7. The second-order valence-electron chi connectivity index (χ2n) is 7.28. The van der Waals surface area contributed by atoms with Crippen LogP contribution in [0.1, 0.15) is 34.6 Å². The average molecular weight is 462 g/mol. The standard InChI is InChI=1S/C26H24BrNO2/c27-17-20-11-2-1-9-19(20)10-7-8-16-28-26(29)30-18-25-23-14-5-3-12-21(23)22-13-4-6-15-24(22)25/h1-7,9-15,25H,8,16-18H2,(H,28,29). The highest BCUT2D eigenvalue weighted by atomic mass is 79.9.